The van der Waals surface area contributed by atoms with E-state index in [0.717, 1.165) is 38.7 Å². The first-order valence-corrected chi connectivity index (χ1v) is 10.1. The van der Waals surface area contributed by atoms with Crippen molar-refractivity contribution in [2.45, 2.75) is 57.0 Å². The van der Waals surface area contributed by atoms with Crippen molar-refractivity contribution >= 4 is 10.0 Å². The fourth-order valence-electron chi connectivity index (χ4n) is 3.43. The SMILES string of the molecule is CC(C)COC1CCN(S(=O)(=O)c2ccc3c(c2)CCC3)CC1. The summed E-state index contributed by atoms with van der Waals surface area (Å²) in [5, 5.41) is 0. The summed E-state index contributed by atoms with van der Waals surface area (Å²) < 4.78 is 33.2. The molecule has 1 aliphatic heterocycles. The normalized spacial score (nSPS) is 20.1. The number of ether oxygens (including phenoxy) is 1. The van der Waals surface area contributed by atoms with Crippen LogP contribution in [0.3, 0.4) is 0 Å². The maximum absolute atomic E-state index is 12.8. The fraction of sp³-hybridized carbons (Fsp3) is 0.667. The molecular formula is C18H27NO3S. The minimum atomic E-state index is -3.36. The largest absolute Gasteiger partial charge is 0.378 e. The molecule has 0 unspecified atom stereocenters. The van der Waals surface area contributed by atoms with Crippen LogP contribution in [0.2, 0.25) is 0 Å². The molecule has 128 valence electrons. The highest BCUT2D eigenvalue weighted by Gasteiger charge is 2.30. The van der Waals surface area contributed by atoms with Crippen LogP contribution in [0.5, 0.6) is 0 Å². The zero-order valence-electron chi connectivity index (χ0n) is 14.1. The summed E-state index contributed by atoms with van der Waals surface area (Å²) in [6.45, 7) is 6.13. The Morgan fingerprint density at radius 3 is 2.57 bits per heavy atom. The molecule has 0 amide bonds. The van der Waals surface area contributed by atoms with Crippen LogP contribution >= 0.6 is 0 Å². The van der Waals surface area contributed by atoms with E-state index in [9.17, 15) is 8.42 Å². The zero-order chi connectivity index (χ0) is 16.4. The van der Waals surface area contributed by atoms with Gasteiger partial charge in [-0.2, -0.15) is 4.31 Å². The summed E-state index contributed by atoms with van der Waals surface area (Å²) >= 11 is 0. The average molecular weight is 337 g/mol. The quantitative estimate of drug-likeness (QED) is 0.830. The molecule has 0 N–H and O–H groups in total. The van der Waals surface area contributed by atoms with Gasteiger partial charge in [-0.3, -0.25) is 0 Å². The highest BCUT2D eigenvalue weighted by Crippen LogP contribution is 2.28. The van der Waals surface area contributed by atoms with Crippen molar-refractivity contribution in [1.82, 2.24) is 4.31 Å². The Morgan fingerprint density at radius 2 is 1.87 bits per heavy atom. The van der Waals surface area contributed by atoms with Crippen LogP contribution in [0.1, 0.15) is 44.2 Å². The van der Waals surface area contributed by atoms with Gasteiger partial charge in [0.05, 0.1) is 11.0 Å². The smallest absolute Gasteiger partial charge is 0.243 e. The summed E-state index contributed by atoms with van der Waals surface area (Å²) in [6, 6.07) is 5.66. The van der Waals surface area contributed by atoms with Crippen LogP contribution in [-0.2, 0) is 27.6 Å². The second kappa shape index (κ2) is 6.91. The Balaban J connectivity index is 1.65. The summed E-state index contributed by atoms with van der Waals surface area (Å²) in [6.07, 6.45) is 4.99. The van der Waals surface area contributed by atoms with E-state index in [1.165, 1.54) is 11.1 Å². The lowest BCUT2D eigenvalue weighted by Gasteiger charge is -2.31. The number of nitrogens with zero attached hydrogens (tertiary/aromatic N) is 1. The molecule has 1 aliphatic carbocycles. The van der Waals surface area contributed by atoms with Gasteiger partial charge in [0.25, 0.3) is 0 Å². The Morgan fingerprint density at radius 1 is 1.17 bits per heavy atom. The van der Waals surface area contributed by atoms with Gasteiger partial charge in [-0.05, 0) is 61.3 Å². The number of hydrogen-bond acceptors (Lipinski definition) is 3. The molecular weight excluding hydrogens is 310 g/mol. The first-order valence-electron chi connectivity index (χ1n) is 8.70. The third-order valence-corrected chi connectivity index (χ3v) is 6.67. The first-order chi connectivity index (χ1) is 11.0. The Labute approximate surface area is 139 Å². The van der Waals surface area contributed by atoms with E-state index in [2.05, 4.69) is 13.8 Å². The van der Waals surface area contributed by atoms with Crippen molar-refractivity contribution in [3.63, 3.8) is 0 Å². The molecule has 3 rings (SSSR count). The summed E-state index contributed by atoms with van der Waals surface area (Å²) in [5.74, 6) is 0.517. The molecule has 0 aromatic heterocycles. The van der Waals surface area contributed by atoms with E-state index >= 15 is 0 Å². The standard InChI is InChI=1S/C18H27NO3S/c1-14(2)13-22-17-8-10-19(11-9-17)23(20,21)18-7-6-15-4-3-5-16(15)12-18/h6-7,12,14,17H,3-5,8-11,13H2,1-2H3. The van der Waals surface area contributed by atoms with E-state index in [-0.39, 0.29) is 6.10 Å². The number of hydrogen-bond donors (Lipinski definition) is 0. The molecule has 4 nitrogen and oxygen atoms in total. The van der Waals surface area contributed by atoms with Gasteiger partial charge in [0.2, 0.25) is 10.0 Å². The number of fused-ring (bicyclic) bond motifs is 1. The predicted molar refractivity (Wildman–Crippen MR) is 91.0 cm³/mol. The van der Waals surface area contributed by atoms with E-state index < -0.39 is 10.0 Å². The van der Waals surface area contributed by atoms with Crippen molar-refractivity contribution in [2.75, 3.05) is 19.7 Å². The topological polar surface area (TPSA) is 46.6 Å². The molecule has 1 fully saturated rings. The van der Waals surface area contributed by atoms with Gasteiger partial charge in [-0.25, -0.2) is 8.42 Å². The van der Waals surface area contributed by atoms with Gasteiger partial charge in [0.15, 0.2) is 0 Å². The predicted octanol–water partition coefficient (Wildman–Crippen LogP) is 3.00. The maximum atomic E-state index is 12.8. The molecule has 1 aromatic rings. The van der Waals surface area contributed by atoms with E-state index in [4.69, 9.17) is 4.74 Å². The molecule has 0 radical (unpaired) electrons. The average Bonchev–Trinajstić information content (AvgIpc) is 3.01. The van der Waals surface area contributed by atoms with Crippen molar-refractivity contribution in [3.05, 3.63) is 29.3 Å². The maximum Gasteiger partial charge on any atom is 0.243 e. The second-order valence-corrected chi connectivity index (χ2v) is 9.05. The minimum Gasteiger partial charge on any atom is -0.378 e. The van der Waals surface area contributed by atoms with Crippen LogP contribution in [0.15, 0.2) is 23.1 Å². The molecule has 0 spiro atoms. The lowest BCUT2D eigenvalue weighted by molar-refractivity contribution is 0.00749. The van der Waals surface area contributed by atoms with E-state index in [1.807, 2.05) is 12.1 Å². The summed E-state index contributed by atoms with van der Waals surface area (Å²) in [7, 11) is -3.36. The van der Waals surface area contributed by atoms with Crippen LogP contribution in [-0.4, -0.2) is 38.5 Å². The minimum absolute atomic E-state index is 0.198. The van der Waals surface area contributed by atoms with Crippen molar-refractivity contribution in [2.24, 2.45) is 5.92 Å². The van der Waals surface area contributed by atoms with Gasteiger partial charge in [-0.15, -0.1) is 0 Å². The highest BCUT2D eigenvalue weighted by atomic mass is 32.2. The third kappa shape index (κ3) is 3.78. The molecule has 1 heterocycles. The summed E-state index contributed by atoms with van der Waals surface area (Å²) in [4.78, 5) is 0.458. The van der Waals surface area contributed by atoms with Gasteiger partial charge < -0.3 is 4.74 Å². The van der Waals surface area contributed by atoms with E-state index in [0.29, 0.717) is 23.9 Å². The van der Waals surface area contributed by atoms with E-state index in [1.54, 1.807) is 10.4 Å². The van der Waals surface area contributed by atoms with Crippen LogP contribution in [0, 0.1) is 5.92 Å². The summed E-state index contributed by atoms with van der Waals surface area (Å²) in [5.41, 5.74) is 2.52. The monoisotopic (exact) mass is 337 g/mol. The van der Waals surface area contributed by atoms with Gasteiger partial charge >= 0.3 is 0 Å². The third-order valence-electron chi connectivity index (χ3n) is 4.77. The van der Waals surface area contributed by atoms with Crippen LogP contribution < -0.4 is 0 Å². The number of benzene rings is 1. The molecule has 0 saturated carbocycles. The molecule has 0 atom stereocenters. The highest BCUT2D eigenvalue weighted by molar-refractivity contribution is 7.89. The second-order valence-electron chi connectivity index (χ2n) is 7.11. The Bertz CT molecular complexity index is 646. The number of rotatable bonds is 5. The molecule has 2 aliphatic rings. The fourth-order valence-corrected chi connectivity index (χ4v) is 4.95. The van der Waals surface area contributed by atoms with Crippen molar-refractivity contribution < 1.29 is 13.2 Å². The van der Waals surface area contributed by atoms with Crippen molar-refractivity contribution in [3.8, 4) is 0 Å². The van der Waals surface area contributed by atoms with Crippen molar-refractivity contribution in [1.29, 1.82) is 0 Å². The lowest BCUT2D eigenvalue weighted by Crippen LogP contribution is -2.41. The molecule has 23 heavy (non-hydrogen) atoms. The zero-order valence-corrected chi connectivity index (χ0v) is 14.9. The van der Waals surface area contributed by atoms with Gasteiger partial charge in [0, 0.05) is 19.7 Å². The molecule has 0 bridgehead atoms. The Hall–Kier alpha value is -0.910. The van der Waals surface area contributed by atoms with Crippen LogP contribution in [0.4, 0.5) is 0 Å². The first kappa shape index (κ1) is 16.9. The lowest BCUT2D eigenvalue weighted by atomic mass is 10.1. The van der Waals surface area contributed by atoms with Crippen LogP contribution in [0.25, 0.3) is 0 Å². The number of piperidine rings is 1. The Kier molecular flexibility index (Phi) is 5.09. The van der Waals surface area contributed by atoms with Gasteiger partial charge in [-0.1, -0.05) is 19.9 Å². The molecule has 5 heteroatoms. The molecule has 1 aromatic carbocycles. The van der Waals surface area contributed by atoms with Gasteiger partial charge in [0.1, 0.15) is 0 Å². The number of aryl methyl sites for hydroxylation is 2. The number of sulfonamides is 1. The molecule has 1 saturated heterocycles.